The van der Waals surface area contributed by atoms with Crippen LogP contribution in [-0.2, 0) is 0 Å². The Kier molecular flexibility index (Phi) is 2.82. The van der Waals surface area contributed by atoms with E-state index in [-0.39, 0.29) is 5.92 Å². The summed E-state index contributed by atoms with van der Waals surface area (Å²) in [5.74, 6) is -0.337. The number of benzene rings is 1. The molecule has 0 N–H and O–H groups in total. The van der Waals surface area contributed by atoms with Crippen LogP contribution in [0, 0.1) is 11.3 Å². The van der Waals surface area contributed by atoms with E-state index >= 15 is 0 Å². The summed E-state index contributed by atoms with van der Waals surface area (Å²) in [4.78, 5) is 0. The van der Waals surface area contributed by atoms with Crippen LogP contribution in [0.1, 0.15) is 18.4 Å². The summed E-state index contributed by atoms with van der Waals surface area (Å²) in [6, 6.07) is 10.8. The van der Waals surface area contributed by atoms with Gasteiger partial charge in [0.15, 0.2) is 6.17 Å². The summed E-state index contributed by atoms with van der Waals surface area (Å²) < 4.78 is 12.9. The molecule has 1 rings (SSSR count). The van der Waals surface area contributed by atoms with E-state index in [0.717, 1.165) is 5.56 Å². The van der Waals surface area contributed by atoms with Crippen LogP contribution in [-0.4, -0.2) is 6.17 Å². The van der Waals surface area contributed by atoms with E-state index < -0.39 is 6.17 Å². The predicted molar refractivity (Wildman–Crippen MR) is 45.4 cm³/mol. The topological polar surface area (TPSA) is 23.8 Å². The first-order chi connectivity index (χ1) is 5.75. The van der Waals surface area contributed by atoms with Gasteiger partial charge in [0, 0.05) is 5.92 Å². The molecule has 0 saturated carbocycles. The SMILES string of the molecule is C[C@@H](c1ccccc1)[C@@H](F)C#N. The summed E-state index contributed by atoms with van der Waals surface area (Å²) >= 11 is 0. The zero-order chi connectivity index (χ0) is 8.97. The molecule has 0 bridgehead atoms. The lowest BCUT2D eigenvalue weighted by Crippen LogP contribution is -2.07. The molecule has 0 amide bonds. The Labute approximate surface area is 71.4 Å². The zero-order valence-electron chi connectivity index (χ0n) is 6.87. The average Bonchev–Trinajstić information content (AvgIpc) is 2.17. The monoisotopic (exact) mass is 163 g/mol. The first kappa shape index (κ1) is 8.73. The molecule has 0 aliphatic carbocycles. The second-order valence-electron chi connectivity index (χ2n) is 2.73. The molecule has 1 aromatic rings. The minimum atomic E-state index is -1.41. The van der Waals surface area contributed by atoms with E-state index in [0.29, 0.717) is 0 Å². The van der Waals surface area contributed by atoms with Gasteiger partial charge >= 0.3 is 0 Å². The highest BCUT2D eigenvalue weighted by Gasteiger charge is 2.16. The summed E-state index contributed by atoms with van der Waals surface area (Å²) in [6.45, 7) is 1.71. The standard InChI is InChI=1S/C10H10FN/c1-8(10(11)7-12)9-5-3-2-4-6-9/h2-6,8,10H,1H3/t8-,10-/m0/s1. The number of hydrogen-bond donors (Lipinski definition) is 0. The van der Waals surface area contributed by atoms with Crippen molar-refractivity contribution in [2.75, 3.05) is 0 Å². The Morgan fingerprint density at radius 2 is 1.92 bits per heavy atom. The van der Waals surface area contributed by atoms with Gasteiger partial charge in [0.1, 0.15) is 6.07 Å². The Bertz CT molecular complexity index is 276. The molecule has 0 aliphatic heterocycles. The third-order valence-corrected chi connectivity index (χ3v) is 1.89. The van der Waals surface area contributed by atoms with Crippen LogP contribution in [0.5, 0.6) is 0 Å². The average molecular weight is 163 g/mol. The van der Waals surface area contributed by atoms with Crippen LogP contribution in [0.4, 0.5) is 4.39 Å². The molecule has 2 heteroatoms. The van der Waals surface area contributed by atoms with E-state index in [9.17, 15) is 4.39 Å². The van der Waals surface area contributed by atoms with Crippen molar-refractivity contribution in [3.63, 3.8) is 0 Å². The van der Waals surface area contributed by atoms with Crippen molar-refractivity contribution in [3.8, 4) is 6.07 Å². The van der Waals surface area contributed by atoms with Gasteiger partial charge in [-0.1, -0.05) is 37.3 Å². The molecule has 0 aromatic heterocycles. The summed E-state index contributed by atoms with van der Waals surface area (Å²) in [6.07, 6.45) is -1.41. The number of nitrogens with zero attached hydrogens (tertiary/aromatic N) is 1. The highest BCUT2D eigenvalue weighted by atomic mass is 19.1. The van der Waals surface area contributed by atoms with Crippen molar-refractivity contribution >= 4 is 0 Å². The molecule has 0 fully saturated rings. The predicted octanol–water partition coefficient (Wildman–Crippen LogP) is 2.65. The van der Waals surface area contributed by atoms with Crippen LogP contribution < -0.4 is 0 Å². The summed E-state index contributed by atoms with van der Waals surface area (Å²) in [5, 5.41) is 8.34. The number of nitriles is 1. The first-order valence-corrected chi connectivity index (χ1v) is 3.84. The van der Waals surface area contributed by atoms with E-state index in [1.807, 2.05) is 30.3 Å². The van der Waals surface area contributed by atoms with Crippen LogP contribution in [0.3, 0.4) is 0 Å². The first-order valence-electron chi connectivity index (χ1n) is 3.84. The Hall–Kier alpha value is -1.36. The van der Waals surface area contributed by atoms with Gasteiger partial charge in [-0.25, -0.2) is 4.39 Å². The van der Waals surface area contributed by atoms with Gasteiger partial charge in [-0.3, -0.25) is 0 Å². The van der Waals surface area contributed by atoms with Crippen LogP contribution in [0.15, 0.2) is 30.3 Å². The van der Waals surface area contributed by atoms with Crippen molar-refractivity contribution in [1.29, 1.82) is 5.26 Å². The molecule has 1 aromatic carbocycles. The van der Waals surface area contributed by atoms with Gasteiger partial charge in [0.25, 0.3) is 0 Å². The smallest absolute Gasteiger partial charge is 0.192 e. The lowest BCUT2D eigenvalue weighted by Gasteiger charge is -2.09. The summed E-state index contributed by atoms with van der Waals surface area (Å²) in [5.41, 5.74) is 0.867. The van der Waals surface area contributed by atoms with E-state index in [4.69, 9.17) is 5.26 Å². The second kappa shape index (κ2) is 3.87. The minimum absolute atomic E-state index is 0.337. The van der Waals surface area contributed by atoms with Crippen molar-refractivity contribution in [2.45, 2.75) is 19.0 Å². The van der Waals surface area contributed by atoms with Crippen LogP contribution in [0.25, 0.3) is 0 Å². The van der Waals surface area contributed by atoms with E-state index in [1.54, 1.807) is 13.0 Å². The normalized spacial score (nSPS) is 14.8. The fraction of sp³-hybridized carbons (Fsp3) is 0.300. The molecule has 0 radical (unpaired) electrons. The molecule has 62 valence electrons. The maximum absolute atomic E-state index is 12.9. The van der Waals surface area contributed by atoms with Crippen molar-refractivity contribution in [1.82, 2.24) is 0 Å². The molecular weight excluding hydrogens is 153 g/mol. The largest absolute Gasteiger partial charge is 0.230 e. The molecule has 12 heavy (non-hydrogen) atoms. The van der Waals surface area contributed by atoms with Crippen molar-refractivity contribution in [3.05, 3.63) is 35.9 Å². The molecule has 0 unspecified atom stereocenters. The van der Waals surface area contributed by atoms with E-state index in [2.05, 4.69) is 0 Å². The molecule has 1 nitrogen and oxygen atoms in total. The highest BCUT2D eigenvalue weighted by molar-refractivity contribution is 5.21. The third-order valence-electron chi connectivity index (χ3n) is 1.89. The number of rotatable bonds is 2. The van der Waals surface area contributed by atoms with Crippen molar-refractivity contribution < 1.29 is 4.39 Å². The molecule has 0 aliphatic rings. The second-order valence-corrected chi connectivity index (χ2v) is 2.73. The van der Waals surface area contributed by atoms with Gasteiger partial charge < -0.3 is 0 Å². The molecule has 0 heterocycles. The van der Waals surface area contributed by atoms with Gasteiger partial charge in [-0.2, -0.15) is 5.26 Å². The van der Waals surface area contributed by atoms with Gasteiger partial charge in [-0.05, 0) is 5.56 Å². The van der Waals surface area contributed by atoms with Gasteiger partial charge in [0.05, 0.1) is 0 Å². The lowest BCUT2D eigenvalue weighted by atomic mass is 9.97. The van der Waals surface area contributed by atoms with Crippen molar-refractivity contribution in [2.24, 2.45) is 0 Å². The Balaban J connectivity index is 2.80. The number of alkyl halides is 1. The maximum Gasteiger partial charge on any atom is 0.192 e. The number of halogens is 1. The fourth-order valence-corrected chi connectivity index (χ4v) is 1.04. The molecule has 0 saturated heterocycles. The Morgan fingerprint density at radius 3 is 2.42 bits per heavy atom. The number of hydrogen-bond acceptors (Lipinski definition) is 1. The van der Waals surface area contributed by atoms with Gasteiger partial charge in [-0.15, -0.1) is 0 Å². The van der Waals surface area contributed by atoms with Crippen LogP contribution >= 0.6 is 0 Å². The third kappa shape index (κ3) is 1.82. The van der Waals surface area contributed by atoms with E-state index in [1.165, 1.54) is 0 Å². The summed E-state index contributed by atoms with van der Waals surface area (Å²) in [7, 11) is 0. The lowest BCUT2D eigenvalue weighted by molar-refractivity contribution is 0.362. The molecule has 2 atom stereocenters. The maximum atomic E-state index is 12.9. The molecule has 0 spiro atoms. The molecular formula is C10H10FN. The minimum Gasteiger partial charge on any atom is -0.230 e. The van der Waals surface area contributed by atoms with Gasteiger partial charge in [0.2, 0.25) is 0 Å². The zero-order valence-corrected chi connectivity index (χ0v) is 6.87. The fourth-order valence-electron chi connectivity index (χ4n) is 1.04. The van der Waals surface area contributed by atoms with Crippen LogP contribution in [0.2, 0.25) is 0 Å². The highest BCUT2D eigenvalue weighted by Crippen LogP contribution is 2.20. The Morgan fingerprint density at radius 1 is 1.33 bits per heavy atom. The quantitative estimate of drug-likeness (QED) is 0.657.